The number of carbonyl (C=O) groups excluding carboxylic acids is 2. The van der Waals surface area contributed by atoms with Gasteiger partial charge in [0, 0.05) is 11.8 Å². The van der Waals surface area contributed by atoms with Crippen molar-refractivity contribution in [3.63, 3.8) is 0 Å². The molecule has 1 N–H and O–H groups in total. The van der Waals surface area contributed by atoms with Crippen LogP contribution in [0.1, 0.15) is 39.8 Å². The zero-order chi connectivity index (χ0) is 18.6. The van der Waals surface area contributed by atoms with Crippen LogP contribution >= 0.6 is 0 Å². The quantitative estimate of drug-likeness (QED) is 0.732. The summed E-state index contributed by atoms with van der Waals surface area (Å²) in [7, 11) is 0. The third-order valence-electron chi connectivity index (χ3n) is 4.62. The number of hydrogen-bond donors (Lipinski definition) is 1. The Kier molecular flexibility index (Phi) is 4.70. The van der Waals surface area contributed by atoms with Gasteiger partial charge < -0.3 is 14.6 Å². The second kappa shape index (κ2) is 7.45. The average Bonchev–Trinajstić information content (AvgIpc) is 3.31. The van der Waals surface area contributed by atoms with Crippen LogP contribution in [0.15, 0.2) is 71.5 Å². The zero-order valence-electron chi connectivity index (χ0n) is 14.7. The van der Waals surface area contributed by atoms with Crippen LogP contribution in [-0.4, -0.2) is 21.7 Å². The van der Waals surface area contributed by atoms with Crippen LogP contribution < -0.4 is 5.32 Å². The van der Waals surface area contributed by atoms with Gasteiger partial charge in [-0.2, -0.15) is 0 Å². The maximum absolute atomic E-state index is 13.1. The fourth-order valence-electron chi connectivity index (χ4n) is 3.30. The normalized spacial score (nSPS) is 15.3. The number of rotatable bonds is 6. The molecule has 27 heavy (non-hydrogen) atoms. The number of furan rings is 1. The Morgan fingerprint density at radius 1 is 1.07 bits per heavy atom. The van der Waals surface area contributed by atoms with E-state index in [1.807, 2.05) is 42.5 Å². The smallest absolute Gasteiger partial charge is 0.252 e. The van der Waals surface area contributed by atoms with E-state index in [1.54, 1.807) is 29.5 Å². The summed E-state index contributed by atoms with van der Waals surface area (Å²) >= 11 is 0. The largest absolute Gasteiger partial charge is 0.467 e. The summed E-state index contributed by atoms with van der Waals surface area (Å²) in [4.78, 5) is 31.2. The van der Waals surface area contributed by atoms with Crippen LogP contribution in [0.3, 0.4) is 0 Å². The van der Waals surface area contributed by atoms with E-state index in [2.05, 4.69) is 10.3 Å². The number of nitrogens with one attached hydrogen (secondary N) is 1. The summed E-state index contributed by atoms with van der Waals surface area (Å²) in [5.41, 5.74) is 2.30. The van der Waals surface area contributed by atoms with Crippen molar-refractivity contribution in [3.05, 3.63) is 89.6 Å². The van der Waals surface area contributed by atoms with Gasteiger partial charge in [0.05, 0.1) is 37.5 Å². The van der Waals surface area contributed by atoms with E-state index in [0.717, 1.165) is 11.3 Å². The van der Waals surface area contributed by atoms with Crippen LogP contribution in [0.2, 0.25) is 0 Å². The second-order valence-electron chi connectivity index (χ2n) is 6.47. The molecule has 0 spiro atoms. The molecule has 2 aromatic heterocycles. The van der Waals surface area contributed by atoms with E-state index in [-0.39, 0.29) is 24.3 Å². The van der Waals surface area contributed by atoms with Gasteiger partial charge in [0.2, 0.25) is 5.91 Å². The molecule has 1 aliphatic heterocycles. The van der Waals surface area contributed by atoms with E-state index < -0.39 is 0 Å². The van der Waals surface area contributed by atoms with Gasteiger partial charge in [-0.15, -0.1) is 0 Å². The number of benzene rings is 1. The molecule has 3 aromatic rings. The summed E-state index contributed by atoms with van der Waals surface area (Å²) in [6.45, 7) is 0.730. The Balaban J connectivity index is 1.53. The van der Waals surface area contributed by atoms with Gasteiger partial charge in [-0.1, -0.05) is 24.3 Å². The van der Waals surface area contributed by atoms with E-state index in [1.165, 1.54) is 0 Å². The van der Waals surface area contributed by atoms with Crippen molar-refractivity contribution in [3.8, 4) is 0 Å². The summed E-state index contributed by atoms with van der Waals surface area (Å²) in [5, 5.41) is 2.90. The predicted octanol–water partition coefficient (Wildman–Crippen LogP) is 3.08. The van der Waals surface area contributed by atoms with Crippen molar-refractivity contribution in [2.24, 2.45) is 0 Å². The molecule has 3 heterocycles. The van der Waals surface area contributed by atoms with Crippen LogP contribution in [0.4, 0.5) is 0 Å². The van der Waals surface area contributed by atoms with Gasteiger partial charge >= 0.3 is 0 Å². The lowest BCUT2D eigenvalue weighted by molar-refractivity contribution is -0.133. The molecule has 0 bridgehead atoms. The Bertz CT molecular complexity index is 938. The summed E-state index contributed by atoms with van der Waals surface area (Å²) in [6, 6.07) is 16.3. The molecule has 0 saturated heterocycles. The minimum absolute atomic E-state index is 0.0703. The van der Waals surface area contributed by atoms with E-state index >= 15 is 0 Å². The molecular weight excluding hydrogens is 342 g/mol. The molecule has 0 aliphatic carbocycles. The van der Waals surface area contributed by atoms with Crippen molar-refractivity contribution in [1.82, 2.24) is 15.2 Å². The highest BCUT2D eigenvalue weighted by Crippen LogP contribution is 2.28. The molecule has 4 rings (SSSR count). The van der Waals surface area contributed by atoms with Gasteiger partial charge in [0.15, 0.2) is 0 Å². The molecule has 2 amide bonds. The second-order valence-corrected chi connectivity index (χ2v) is 6.47. The summed E-state index contributed by atoms with van der Waals surface area (Å²) < 4.78 is 5.41. The van der Waals surface area contributed by atoms with Crippen molar-refractivity contribution < 1.29 is 14.0 Å². The molecular formula is C21H19N3O3. The Hall–Kier alpha value is -3.41. The van der Waals surface area contributed by atoms with E-state index in [4.69, 9.17) is 4.42 Å². The molecule has 1 aliphatic rings. The molecule has 0 fully saturated rings. The topological polar surface area (TPSA) is 75.4 Å². The van der Waals surface area contributed by atoms with Gasteiger partial charge in [-0.05, 0) is 35.9 Å². The highest BCUT2D eigenvalue weighted by atomic mass is 16.3. The lowest BCUT2D eigenvalue weighted by atomic mass is 10.0. The minimum atomic E-state index is -0.316. The van der Waals surface area contributed by atoms with Crippen LogP contribution in [0.25, 0.3) is 0 Å². The first kappa shape index (κ1) is 17.0. The number of carbonyl (C=O) groups is 2. The summed E-state index contributed by atoms with van der Waals surface area (Å²) in [5.74, 6) is 0.500. The van der Waals surface area contributed by atoms with Gasteiger partial charge in [-0.3, -0.25) is 14.6 Å². The standard InChI is InChI=1S/C21H19N3O3/c25-20(12-19-17-8-1-2-9-18(17)21(26)23-19)24(14-16-7-5-11-27-16)13-15-6-3-4-10-22-15/h1-11,19H,12-14H2,(H,23,26)/t19-/m0/s1. The molecule has 0 saturated carbocycles. The first-order chi connectivity index (χ1) is 13.2. The molecule has 1 atom stereocenters. The van der Waals surface area contributed by atoms with E-state index in [0.29, 0.717) is 24.4 Å². The Morgan fingerprint density at radius 2 is 1.93 bits per heavy atom. The van der Waals surface area contributed by atoms with Crippen molar-refractivity contribution in [1.29, 1.82) is 0 Å². The maximum atomic E-state index is 13.1. The highest BCUT2D eigenvalue weighted by Gasteiger charge is 2.31. The van der Waals surface area contributed by atoms with Crippen LogP contribution in [0, 0.1) is 0 Å². The summed E-state index contributed by atoms with van der Waals surface area (Å²) in [6.07, 6.45) is 3.49. The number of aromatic nitrogens is 1. The Morgan fingerprint density at radius 3 is 2.70 bits per heavy atom. The lowest BCUT2D eigenvalue weighted by Crippen LogP contribution is -2.33. The number of amides is 2. The molecule has 0 unspecified atom stereocenters. The highest BCUT2D eigenvalue weighted by molar-refractivity contribution is 5.99. The predicted molar refractivity (Wildman–Crippen MR) is 98.5 cm³/mol. The number of hydrogen-bond acceptors (Lipinski definition) is 4. The SMILES string of the molecule is O=C1N[C@@H](CC(=O)N(Cc2ccccn2)Cc2ccco2)c2ccccc21. The lowest BCUT2D eigenvalue weighted by Gasteiger charge is -2.23. The number of fused-ring (bicyclic) bond motifs is 1. The maximum Gasteiger partial charge on any atom is 0.252 e. The molecule has 136 valence electrons. The molecule has 6 heteroatoms. The van der Waals surface area contributed by atoms with Gasteiger partial charge in [0.25, 0.3) is 5.91 Å². The molecule has 1 aromatic carbocycles. The van der Waals surface area contributed by atoms with Crippen LogP contribution in [0.5, 0.6) is 0 Å². The third-order valence-corrected chi connectivity index (χ3v) is 4.62. The van der Waals surface area contributed by atoms with Crippen molar-refractivity contribution in [2.45, 2.75) is 25.6 Å². The minimum Gasteiger partial charge on any atom is -0.467 e. The Labute approximate surface area is 156 Å². The molecule has 0 radical (unpaired) electrons. The van der Waals surface area contributed by atoms with Gasteiger partial charge in [0.1, 0.15) is 5.76 Å². The average molecular weight is 361 g/mol. The monoisotopic (exact) mass is 361 g/mol. The first-order valence-electron chi connectivity index (χ1n) is 8.80. The van der Waals surface area contributed by atoms with Crippen LogP contribution in [-0.2, 0) is 17.9 Å². The third kappa shape index (κ3) is 3.74. The number of pyridine rings is 1. The van der Waals surface area contributed by atoms with Crippen molar-refractivity contribution >= 4 is 11.8 Å². The number of nitrogens with zero attached hydrogens (tertiary/aromatic N) is 2. The van der Waals surface area contributed by atoms with E-state index in [9.17, 15) is 9.59 Å². The molecule has 6 nitrogen and oxygen atoms in total. The van der Waals surface area contributed by atoms with Gasteiger partial charge in [-0.25, -0.2) is 0 Å². The zero-order valence-corrected chi connectivity index (χ0v) is 14.7. The first-order valence-corrected chi connectivity index (χ1v) is 8.80. The van der Waals surface area contributed by atoms with Crippen molar-refractivity contribution in [2.75, 3.05) is 0 Å². The fraction of sp³-hybridized carbons (Fsp3) is 0.190. The fourth-order valence-corrected chi connectivity index (χ4v) is 3.30.